The van der Waals surface area contributed by atoms with E-state index in [0.29, 0.717) is 6.04 Å². The Morgan fingerprint density at radius 2 is 2.21 bits per heavy atom. The molecular weight excluding hydrogens is 256 g/mol. The normalized spacial score (nSPS) is 28.8. The van der Waals surface area contributed by atoms with E-state index in [-0.39, 0.29) is 11.9 Å². The molecule has 3 atom stereocenters. The van der Waals surface area contributed by atoms with Gasteiger partial charge in [-0.15, -0.1) is 0 Å². The minimum Gasteiger partial charge on any atom is -0.373 e. The second-order valence-electron chi connectivity index (χ2n) is 5.43. The largest absolute Gasteiger partial charge is 0.373 e. The van der Waals surface area contributed by atoms with Crippen molar-refractivity contribution in [1.82, 2.24) is 5.32 Å². The van der Waals surface area contributed by atoms with Crippen LogP contribution < -0.4 is 10.6 Å². The maximum absolute atomic E-state index is 12.3. The topological polar surface area (TPSA) is 41.1 Å². The Morgan fingerprint density at radius 1 is 1.37 bits per heavy atom. The van der Waals surface area contributed by atoms with Gasteiger partial charge in [0.15, 0.2) is 0 Å². The number of para-hydroxylation sites is 1. The highest BCUT2D eigenvalue weighted by Gasteiger charge is 2.30. The molecule has 0 saturated heterocycles. The maximum Gasteiger partial charge on any atom is 0.243 e. The number of hydrogen-bond donors (Lipinski definition) is 2. The van der Waals surface area contributed by atoms with E-state index in [2.05, 4.69) is 23.0 Å². The zero-order valence-corrected chi connectivity index (χ0v) is 12.0. The molecule has 0 bridgehead atoms. The minimum atomic E-state index is -0.0919. The molecule has 0 radical (unpaired) electrons. The molecule has 1 aliphatic heterocycles. The molecule has 1 amide bonds. The zero-order chi connectivity index (χ0) is 13.2. The van der Waals surface area contributed by atoms with E-state index < -0.39 is 0 Å². The number of fused-ring (bicyclic) bond motifs is 1. The van der Waals surface area contributed by atoms with Crippen molar-refractivity contribution >= 4 is 23.4 Å². The van der Waals surface area contributed by atoms with Crippen molar-refractivity contribution in [2.45, 2.75) is 43.0 Å². The number of nitrogens with one attached hydrogen (secondary N) is 2. The van der Waals surface area contributed by atoms with Gasteiger partial charge >= 0.3 is 0 Å². The van der Waals surface area contributed by atoms with E-state index >= 15 is 0 Å². The molecule has 1 heterocycles. The van der Waals surface area contributed by atoms with E-state index in [1.165, 1.54) is 12.0 Å². The van der Waals surface area contributed by atoms with Gasteiger partial charge in [-0.25, -0.2) is 0 Å². The summed E-state index contributed by atoms with van der Waals surface area (Å²) in [5.74, 6) is 0.156. The molecule has 1 fully saturated rings. The van der Waals surface area contributed by atoms with Crippen molar-refractivity contribution in [3.05, 3.63) is 29.8 Å². The fourth-order valence-corrected chi connectivity index (χ4v) is 3.84. The van der Waals surface area contributed by atoms with Crippen LogP contribution >= 0.6 is 11.8 Å². The van der Waals surface area contributed by atoms with Crippen molar-refractivity contribution in [1.29, 1.82) is 0 Å². The SMILES string of the molecule is CSC1CCC(NC(=O)C2Cc3ccccc3N2)C1. The van der Waals surface area contributed by atoms with E-state index in [0.717, 1.165) is 30.2 Å². The standard InChI is InChI=1S/C15H20N2OS/c1-19-12-7-6-11(9-12)16-15(18)14-8-10-4-2-3-5-13(10)17-14/h2-5,11-12,14,17H,6-9H2,1H3,(H,16,18). The van der Waals surface area contributed by atoms with Crippen LogP contribution in [0, 0.1) is 0 Å². The molecule has 4 heteroatoms. The first-order chi connectivity index (χ1) is 9.26. The lowest BCUT2D eigenvalue weighted by molar-refractivity contribution is -0.122. The van der Waals surface area contributed by atoms with Gasteiger partial charge in [0.25, 0.3) is 0 Å². The summed E-state index contributed by atoms with van der Waals surface area (Å²) in [6.07, 6.45) is 6.43. The van der Waals surface area contributed by atoms with Gasteiger partial charge in [-0.2, -0.15) is 11.8 Å². The van der Waals surface area contributed by atoms with Gasteiger partial charge in [0, 0.05) is 23.4 Å². The Bertz CT molecular complexity index is 452. The molecule has 1 saturated carbocycles. The monoisotopic (exact) mass is 276 g/mol. The molecule has 3 nitrogen and oxygen atoms in total. The first-order valence-electron chi connectivity index (χ1n) is 6.94. The van der Waals surface area contributed by atoms with Crippen LogP contribution in [-0.2, 0) is 11.2 Å². The maximum atomic E-state index is 12.3. The lowest BCUT2D eigenvalue weighted by Gasteiger charge is -2.17. The van der Waals surface area contributed by atoms with E-state index in [9.17, 15) is 4.79 Å². The van der Waals surface area contributed by atoms with Crippen molar-refractivity contribution in [3.8, 4) is 0 Å². The molecule has 3 rings (SSSR count). The second-order valence-corrected chi connectivity index (χ2v) is 6.57. The first-order valence-corrected chi connectivity index (χ1v) is 8.22. The van der Waals surface area contributed by atoms with Gasteiger partial charge < -0.3 is 10.6 Å². The van der Waals surface area contributed by atoms with Crippen LogP contribution in [0.3, 0.4) is 0 Å². The van der Waals surface area contributed by atoms with Crippen LogP contribution in [0.25, 0.3) is 0 Å². The molecule has 1 aromatic carbocycles. The molecule has 2 N–H and O–H groups in total. The molecule has 2 aliphatic rings. The number of carbonyl (C=O) groups is 1. The minimum absolute atomic E-state index is 0.0919. The Balaban J connectivity index is 1.56. The summed E-state index contributed by atoms with van der Waals surface area (Å²) in [5.41, 5.74) is 2.35. The average Bonchev–Trinajstić information content (AvgIpc) is 3.04. The van der Waals surface area contributed by atoms with Crippen molar-refractivity contribution in [2.75, 3.05) is 11.6 Å². The predicted molar refractivity (Wildman–Crippen MR) is 80.6 cm³/mol. The molecule has 102 valence electrons. The summed E-state index contributed by atoms with van der Waals surface area (Å²) in [5, 5.41) is 7.24. The number of hydrogen-bond acceptors (Lipinski definition) is 3. The average molecular weight is 276 g/mol. The molecule has 0 spiro atoms. The summed E-state index contributed by atoms with van der Waals surface area (Å²) in [4.78, 5) is 12.3. The van der Waals surface area contributed by atoms with Crippen LogP contribution in [0.1, 0.15) is 24.8 Å². The van der Waals surface area contributed by atoms with Gasteiger partial charge in [0.2, 0.25) is 5.91 Å². The molecule has 1 aliphatic carbocycles. The van der Waals surface area contributed by atoms with Gasteiger partial charge in [-0.1, -0.05) is 18.2 Å². The predicted octanol–water partition coefficient (Wildman–Crippen LogP) is 2.42. The molecule has 0 aromatic heterocycles. The smallest absolute Gasteiger partial charge is 0.243 e. The molecule has 1 aromatic rings. The number of thioether (sulfide) groups is 1. The Kier molecular flexibility index (Phi) is 3.69. The second kappa shape index (κ2) is 5.45. The van der Waals surface area contributed by atoms with Crippen LogP contribution in [0.2, 0.25) is 0 Å². The number of amides is 1. The fraction of sp³-hybridized carbons (Fsp3) is 0.533. The fourth-order valence-electron chi connectivity index (χ4n) is 3.04. The first kappa shape index (κ1) is 12.9. The van der Waals surface area contributed by atoms with Gasteiger partial charge in [-0.3, -0.25) is 4.79 Å². The summed E-state index contributed by atoms with van der Waals surface area (Å²) >= 11 is 1.92. The lowest BCUT2D eigenvalue weighted by atomic mass is 10.1. The number of benzene rings is 1. The third-order valence-corrected chi connectivity index (χ3v) is 5.25. The van der Waals surface area contributed by atoms with Crippen LogP contribution in [-0.4, -0.2) is 29.5 Å². The molecule has 19 heavy (non-hydrogen) atoms. The summed E-state index contributed by atoms with van der Waals surface area (Å²) in [6.45, 7) is 0. The third kappa shape index (κ3) is 2.73. The Labute approximate surface area is 118 Å². The third-order valence-electron chi connectivity index (χ3n) is 4.15. The lowest BCUT2D eigenvalue weighted by Crippen LogP contribution is -2.43. The quantitative estimate of drug-likeness (QED) is 0.891. The van der Waals surface area contributed by atoms with Gasteiger partial charge in [-0.05, 0) is 37.1 Å². The highest BCUT2D eigenvalue weighted by atomic mass is 32.2. The van der Waals surface area contributed by atoms with Gasteiger partial charge in [0.1, 0.15) is 6.04 Å². The zero-order valence-electron chi connectivity index (χ0n) is 11.2. The summed E-state index contributed by atoms with van der Waals surface area (Å²) in [7, 11) is 0. The van der Waals surface area contributed by atoms with Gasteiger partial charge in [0.05, 0.1) is 0 Å². The number of carbonyl (C=O) groups excluding carboxylic acids is 1. The molecule has 3 unspecified atom stereocenters. The van der Waals surface area contributed by atoms with E-state index in [4.69, 9.17) is 0 Å². The Hall–Kier alpha value is -1.16. The van der Waals surface area contributed by atoms with Crippen molar-refractivity contribution in [3.63, 3.8) is 0 Å². The summed E-state index contributed by atoms with van der Waals surface area (Å²) < 4.78 is 0. The summed E-state index contributed by atoms with van der Waals surface area (Å²) in [6, 6.07) is 8.45. The number of anilines is 1. The highest BCUT2D eigenvalue weighted by molar-refractivity contribution is 7.99. The van der Waals surface area contributed by atoms with E-state index in [1.807, 2.05) is 30.0 Å². The van der Waals surface area contributed by atoms with Crippen molar-refractivity contribution < 1.29 is 4.79 Å². The van der Waals surface area contributed by atoms with Crippen LogP contribution in [0.5, 0.6) is 0 Å². The van der Waals surface area contributed by atoms with Crippen LogP contribution in [0.15, 0.2) is 24.3 Å². The number of rotatable bonds is 3. The highest BCUT2D eigenvalue weighted by Crippen LogP contribution is 2.29. The van der Waals surface area contributed by atoms with Crippen LogP contribution in [0.4, 0.5) is 5.69 Å². The van der Waals surface area contributed by atoms with Crippen molar-refractivity contribution in [2.24, 2.45) is 0 Å². The molecular formula is C15H20N2OS. The Morgan fingerprint density at radius 3 is 2.95 bits per heavy atom. The van der Waals surface area contributed by atoms with E-state index in [1.54, 1.807) is 0 Å².